The first-order valence-electron chi connectivity index (χ1n) is 6.50. The quantitative estimate of drug-likeness (QED) is 0.275. The minimum atomic E-state index is 0.752. The Morgan fingerprint density at radius 2 is 1.27 bits per heavy atom. The van der Waals surface area contributed by atoms with Gasteiger partial charge in [-0.3, -0.25) is 0 Å². The van der Waals surface area contributed by atoms with Gasteiger partial charge in [0.1, 0.15) is 6.29 Å². The summed E-state index contributed by atoms with van der Waals surface area (Å²) in [5.74, 6) is 0. The number of carbonyl (C=O) groups excluding carboxylic acids is 1. The highest BCUT2D eigenvalue weighted by Crippen LogP contribution is 2.09. The van der Waals surface area contributed by atoms with Crippen molar-refractivity contribution in [3.63, 3.8) is 0 Å². The predicted molar refractivity (Wildman–Crippen MR) is 67.0 cm³/mol. The number of rotatable bonds is 11. The second-order valence-electron chi connectivity index (χ2n) is 4.10. The molecule has 0 unspecified atom stereocenters. The lowest BCUT2D eigenvalue weighted by Crippen LogP contribution is -1.81. The zero-order valence-corrected chi connectivity index (χ0v) is 10.2. The highest BCUT2D eigenvalue weighted by atomic mass is 16.1. The molecule has 0 spiro atoms. The third-order valence-corrected chi connectivity index (χ3v) is 2.60. The average molecular weight is 210 g/mol. The van der Waals surface area contributed by atoms with Crippen molar-refractivity contribution in [1.29, 1.82) is 0 Å². The maximum Gasteiger partial charge on any atom is 0.119 e. The van der Waals surface area contributed by atoms with Gasteiger partial charge < -0.3 is 4.79 Å². The van der Waals surface area contributed by atoms with Crippen LogP contribution in [0.2, 0.25) is 0 Å². The molecule has 0 atom stereocenters. The summed E-state index contributed by atoms with van der Waals surface area (Å²) in [6.45, 7) is 2.18. The van der Waals surface area contributed by atoms with Gasteiger partial charge in [-0.25, -0.2) is 0 Å². The summed E-state index contributed by atoms with van der Waals surface area (Å²) in [7, 11) is 0. The lowest BCUT2D eigenvalue weighted by Gasteiger charge is -1.99. The van der Waals surface area contributed by atoms with Crippen LogP contribution in [0.15, 0.2) is 12.2 Å². The molecule has 0 aliphatic carbocycles. The number of unbranched alkanes of at least 4 members (excludes halogenated alkanes) is 8. The predicted octanol–water partition coefficient (Wildman–Crippen LogP) is 4.66. The Morgan fingerprint density at radius 1 is 0.733 bits per heavy atom. The first-order chi connectivity index (χ1) is 7.41. The number of aldehydes is 1. The molecule has 0 N–H and O–H groups in total. The molecule has 0 saturated heterocycles. The van der Waals surface area contributed by atoms with E-state index in [0.717, 1.165) is 25.5 Å². The number of hydrogen-bond acceptors (Lipinski definition) is 1. The summed E-state index contributed by atoms with van der Waals surface area (Å²) >= 11 is 0. The van der Waals surface area contributed by atoms with E-state index in [2.05, 4.69) is 19.1 Å². The van der Waals surface area contributed by atoms with Gasteiger partial charge in [-0.05, 0) is 25.7 Å². The molecule has 0 aliphatic heterocycles. The van der Waals surface area contributed by atoms with E-state index in [1.807, 2.05) is 0 Å². The van der Waals surface area contributed by atoms with Gasteiger partial charge in [0.15, 0.2) is 0 Å². The van der Waals surface area contributed by atoms with Gasteiger partial charge in [0.05, 0.1) is 0 Å². The van der Waals surface area contributed by atoms with Crippen LogP contribution in [-0.4, -0.2) is 6.29 Å². The smallest absolute Gasteiger partial charge is 0.119 e. The lowest BCUT2D eigenvalue weighted by atomic mass is 10.1. The summed E-state index contributed by atoms with van der Waals surface area (Å²) in [6, 6.07) is 0. The molecule has 0 aromatic carbocycles. The highest BCUT2D eigenvalue weighted by molar-refractivity contribution is 5.48. The number of hydrogen-bond donors (Lipinski definition) is 0. The topological polar surface area (TPSA) is 17.1 Å². The maximum atomic E-state index is 10.1. The molecule has 0 fully saturated rings. The normalized spacial score (nSPS) is 11.0. The fourth-order valence-electron chi connectivity index (χ4n) is 1.66. The second-order valence-corrected chi connectivity index (χ2v) is 4.10. The Hall–Kier alpha value is -0.590. The second kappa shape index (κ2) is 13.4. The fraction of sp³-hybridized carbons (Fsp3) is 0.786. The first-order valence-corrected chi connectivity index (χ1v) is 6.50. The molecule has 0 aromatic heterocycles. The van der Waals surface area contributed by atoms with Crippen LogP contribution in [0.3, 0.4) is 0 Å². The molecule has 0 saturated carbocycles. The van der Waals surface area contributed by atoms with Gasteiger partial charge >= 0.3 is 0 Å². The van der Waals surface area contributed by atoms with E-state index in [4.69, 9.17) is 0 Å². The largest absolute Gasteiger partial charge is 0.303 e. The number of carbonyl (C=O) groups is 1. The van der Waals surface area contributed by atoms with Crippen molar-refractivity contribution in [2.45, 2.75) is 71.1 Å². The molecule has 0 rings (SSSR count). The SMILES string of the molecule is CC/C=C/CCCCCCCCCC=O. The van der Waals surface area contributed by atoms with Crippen LogP contribution < -0.4 is 0 Å². The zero-order chi connectivity index (χ0) is 11.2. The minimum Gasteiger partial charge on any atom is -0.303 e. The van der Waals surface area contributed by atoms with Crippen LogP contribution in [0.25, 0.3) is 0 Å². The van der Waals surface area contributed by atoms with E-state index >= 15 is 0 Å². The van der Waals surface area contributed by atoms with Gasteiger partial charge in [0.2, 0.25) is 0 Å². The van der Waals surface area contributed by atoms with Crippen LogP contribution in [0.4, 0.5) is 0 Å². The van der Waals surface area contributed by atoms with E-state index in [9.17, 15) is 4.79 Å². The van der Waals surface area contributed by atoms with Crippen molar-refractivity contribution in [2.24, 2.45) is 0 Å². The molecule has 88 valence electrons. The molecular formula is C14H26O. The molecule has 0 amide bonds. The third kappa shape index (κ3) is 13.4. The van der Waals surface area contributed by atoms with Gasteiger partial charge in [-0.15, -0.1) is 0 Å². The molecule has 0 aliphatic rings. The van der Waals surface area contributed by atoms with E-state index in [1.165, 1.54) is 44.9 Å². The van der Waals surface area contributed by atoms with Crippen molar-refractivity contribution < 1.29 is 4.79 Å². The summed E-state index contributed by atoms with van der Waals surface area (Å²) < 4.78 is 0. The van der Waals surface area contributed by atoms with Gasteiger partial charge in [0, 0.05) is 6.42 Å². The highest BCUT2D eigenvalue weighted by Gasteiger charge is 1.90. The summed E-state index contributed by atoms with van der Waals surface area (Å²) in [5, 5.41) is 0. The zero-order valence-electron chi connectivity index (χ0n) is 10.2. The third-order valence-electron chi connectivity index (χ3n) is 2.60. The Bertz CT molecular complexity index is 149. The van der Waals surface area contributed by atoms with Crippen LogP contribution in [0.5, 0.6) is 0 Å². The van der Waals surface area contributed by atoms with Crippen LogP contribution in [0.1, 0.15) is 71.1 Å². The van der Waals surface area contributed by atoms with E-state index in [-0.39, 0.29) is 0 Å². The molecule has 1 heteroatoms. The monoisotopic (exact) mass is 210 g/mol. The van der Waals surface area contributed by atoms with Crippen molar-refractivity contribution in [1.82, 2.24) is 0 Å². The Labute approximate surface area is 95.0 Å². The summed E-state index contributed by atoms with van der Waals surface area (Å²) in [6.07, 6.45) is 17.8. The van der Waals surface area contributed by atoms with Crippen molar-refractivity contribution in [3.05, 3.63) is 12.2 Å². The molecular weight excluding hydrogens is 184 g/mol. The Balaban J connectivity index is 2.92. The van der Waals surface area contributed by atoms with Gasteiger partial charge in [-0.1, -0.05) is 51.2 Å². The summed E-state index contributed by atoms with van der Waals surface area (Å²) in [4.78, 5) is 10.1. The van der Waals surface area contributed by atoms with Crippen molar-refractivity contribution in [3.8, 4) is 0 Å². The lowest BCUT2D eigenvalue weighted by molar-refractivity contribution is -0.107. The standard InChI is InChI=1S/C14H26O/c1-2-3-4-5-6-7-8-9-10-11-12-13-14-15/h3-4,14H,2,5-13H2,1H3/b4-3+. The van der Waals surface area contributed by atoms with Crippen LogP contribution in [0, 0.1) is 0 Å². The molecule has 1 nitrogen and oxygen atoms in total. The van der Waals surface area contributed by atoms with E-state index in [1.54, 1.807) is 0 Å². The molecule has 0 radical (unpaired) electrons. The van der Waals surface area contributed by atoms with Crippen molar-refractivity contribution in [2.75, 3.05) is 0 Å². The maximum absolute atomic E-state index is 10.1. The molecule has 0 heterocycles. The molecule has 15 heavy (non-hydrogen) atoms. The van der Waals surface area contributed by atoms with Gasteiger partial charge in [0.25, 0.3) is 0 Å². The Kier molecular flexibility index (Phi) is 12.9. The summed E-state index contributed by atoms with van der Waals surface area (Å²) in [5.41, 5.74) is 0. The van der Waals surface area contributed by atoms with Gasteiger partial charge in [-0.2, -0.15) is 0 Å². The molecule has 0 aromatic rings. The van der Waals surface area contributed by atoms with E-state index < -0.39 is 0 Å². The fourth-order valence-corrected chi connectivity index (χ4v) is 1.66. The number of allylic oxidation sites excluding steroid dienone is 2. The Morgan fingerprint density at radius 3 is 1.80 bits per heavy atom. The molecule has 0 bridgehead atoms. The minimum absolute atomic E-state index is 0.752. The van der Waals surface area contributed by atoms with Crippen LogP contribution >= 0.6 is 0 Å². The van der Waals surface area contributed by atoms with Crippen LogP contribution in [-0.2, 0) is 4.79 Å². The van der Waals surface area contributed by atoms with Crippen molar-refractivity contribution >= 4 is 6.29 Å². The van der Waals surface area contributed by atoms with E-state index in [0.29, 0.717) is 0 Å². The first kappa shape index (κ1) is 14.4. The average Bonchev–Trinajstić information content (AvgIpc) is 2.26.